The van der Waals surface area contributed by atoms with E-state index in [4.69, 9.17) is 0 Å². The molecule has 0 radical (unpaired) electrons. The number of rotatable bonds is 3. The van der Waals surface area contributed by atoms with Crippen LogP contribution in [0.25, 0.3) is 0 Å². The van der Waals surface area contributed by atoms with E-state index in [0.29, 0.717) is 5.17 Å². The zero-order chi connectivity index (χ0) is 18.8. The molecule has 0 saturated carbocycles. The Kier molecular flexibility index (Phi) is 5.46. The van der Waals surface area contributed by atoms with Crippen molar-refractivity contribution in [1.82, 2.24) is 5.32 Å². The fourth-order valence-corrected chi connectivity index (χ4v) is 3.21. The first-order valence-electron chi connectivity index (χ1n) is 7.48. The second-order valence-corrected chi connectivity index (χ2v) is 7.71. The average molecular weight is 373 g/mol. The highest BCUT2D eigenvalue weighted by atomic mass is 32.2. The third-order valence-electron chi connectivity index (χ3n) is 3.06. The van der Waals surface area contributed by atoms with Gasteiger partial charge in [0, 0.05) is 12.1 Å². The predicted molar refractivity (Wildman–Crippen MR) is 91.4 cm³/mol. The number of amides is 2. The summed E-state index contributed by atoms with van der Waals surface area (Å²) < 4.78 is 38.0. The SMILES string of the molecule is CC(C)(C)N=C1NC(=O)C(CC(=O)Nc2cccc(C(F)(F)F)c2)S1. The molecule has 25 heavy (non-hydrogen) atoms. The van der Waals surface area contributed by atoms with E-state index in [2.05, 4.69) is 15.6 Å². The van der Waals surface area contributed by atoms with E-state index < -0.39 is 22.9 Å². The minimum Gasteiger partial charge on any atom is -0.326 e. The highest BCUT2D eigenvalue weighted by Crippen LogP contribution is 2.31. The number of hydrogen-bond acceptors (Lipinski definition) is 4. The molecule has 0 aliphatic carbocycles. The number of alkyl halides is 3. The van der Waals surface area contributed by atoms with Crippen LogP contribution in [-0.4, -0.2) is 27.8 Å². The van der Waals surface area contributed by atoms with Crippen LogP contribution in [0.2, 0.25) is 0 Å². The van der Waals surface area contributed by atoms with Gasteiger partial charge in [-0.3, -0.25) is 14.6 Å². The van der Waals surface area contributed by atoms with Crippen molar-refractivity contribution in [2.45, 2.75) is 44.2 Å². The number of amidine groups is 1. The molecule has 1 atom stereocenters. The lowest BCUT2D eigenvalue weighted by molar-refractivity contribution is -0.137. The lowest BCUT2D eigenvalue weighted by Gasteiger charge is -2.12. The highest BCUT2D eigenvalue weighted by Gasteiger charge is 2.33. The lowest BCUT2D eigenvalue weighted by atomic mass is 10.1. The molecule has 0 aromatic heterocycles. The number of hydrogen-bond donors (Lipinski definition) is 2. The van der Waals surface area contributed by atoms with Crippen LogP contribution in [-0.2, 0) is 15.8 Å². The van der Waals surface area contributed by atoms with Gasteiger partial charge in [0.1, 0.15) is 5.25 Å². The molecule has 2 amide bonds. The van der Waals surface area contributed by atoms with E-state index in [9.17, 15) is 22.8 Å². The van der Waals surface area contributed by atoms with Crippen molar-refractivity contribution >= 4 is 34.4 Å². The van der Waals surface area contributed by atoms with Crippen molar-refractivity contribution in [3.05, 3.63) is 29.8 Å². The van der Waals surface area contributed by atoms with Crippen molar-refractivity contribution in [3.8, 4) is 0 Å². The zero-order valence-corrected chi connectivity index (χ0v) is 14.7. The molecule has 5 nitrogen and oxygen atoms in total. The van der Waals surface area contributed by atoms with Gasteiger partial charge in [0.15, 0.2) is 5.17 Å². The molecule has 0 spiro atoms. The number of halogens is 3. The number of carbonyl (C=O) groups is 2. The number of anilines is 1. The summed E-state index contributed by atoms with van der Waals surface area (Å²) in [4.78, 5) is 28.3. The first-order chi connectivity index (χ1) is 11.4. The first kappa shape index (κ1) is 19.3. The van der Waals surface area contributed by atoms with E-state index in [-0.39, 0.29) is 23.6 Å². The Morgan fingerprint density at radius 2 is 2.00 bits per heavy atom. The van der Waals surface area contributed by atoms with Gasteiger partial charge >= 0.3 is 6.18 Å². The summed E-state index contributed by atoms with van der Waals surface area (Å²) >= 11 is 1.14. The van der Waals surface area contributed by atoms with Gasteiger partial charge in [-0.05, 0) is 39.0 Å². The molecule has 9 heteroatoms. The van der Waals surface area contributed by atoms with Crippen LogP contribution in [0.3, 0.4) is 0 Å². The molecule has 1 aliphatic heterocycles. The maximum atomic E-state index is 12.7. The third-order valence-corrected chi connectivity index (χ3v) is 4.14. The maximum Gasteiger partial charge on any atom is 0.416 e. The van der Waals surface area contributed by atoms with Crippen molar-refractivity contribution in [3.63, 3.8) is 0 Å². The predicted octanol–water partition coefficient (Wildman–Crippen LogP) is 3.42. The molecule has 0 bridgehead atoms. The normalized spacial score (nSPS) is 19.8. The van der Waals surface area contributed by atoms with Crippen LogP contribution >= 0.6 is 11.8 Å². The van der Waals surface area contributed by atoms with Crippen LogP contribution in [0.4, 0.5) is 18.9 Å². The summed E-state index contributed by atoms with van der Waals surface area (Å²) in [5.74, 6) is -0.879. The van der Waals surface area contributed by atoms with Gasteiger partial charge in [-0.2, -0.15) is 13.2 Å². The van der Waals surface area contributed by atoms with Gasteiger partial charge in [0.2, 0.25) is 11.8 Å². The number of thioether (sulfide) groups is 1. The number of nitrogens with one attached hydrogen (secondary N) is 2. The van der Waals surface area contributed by atoms with Crippen LogP contribution in [0.15, 0.2) is 29.3 Å². The molecule has 2 N–H and O–H groups in total. The standard InChI is InChI=1S/C16H18F3N3O2S/c1-15(2,3)22-14-21-13(24)11(25-14)8-12(23)20-10-6-4-5-9(7-10)16(17,18)19/h4-7,11H,8H2,1-3H3,(H,20,23)(H,21,22,24). The van der Waals surface area contributed by atoms with Gasteiger partial charge in [0.05, 0.1) is 11.1 Å². The fourth-order valence-electron chi connectivity index (χ4n) is 2.05. The molecule has 1 unspecified atom stereocenters. The summed E-state index contributed by atoms with van der Waals surface area (Å²) in [6.45, 7) is 5.63. The van der Waals surface area contributed by atoms with E-state index >= 15 is 0 Å². The Balaban J connectivity index is 1.99. The monoisotopic (exact) mass is 373 g/mol. The van der Waals surface area contributed by atoms with Crippen molar-refractivity contribution in [2.75, 3.05) is 5.32 Å². The smallest absolute Gasteiger partial charge is 0.326 e. The lowest BCUT2D eigenvalue weighted by Crippen LogP contribution is -2.29. The maximum absolute atomic E-state index is 12.7. The van der Waals surface area contributed by atoms with Crippen LogP contribution in [0.1, 0.15) is 32.8 Å². The van der Waals surface area contributed by atoms with Crippen molar-refractivity contribution in [1.29, 1.82) is 0 Å². The Bertz CT molecular complexity index is 711. The Hall–Kier alpha value is -2.03. The summed E-state index contributed by atoms with van der Waals surface area (Å²) in [7, 11) is 0. The van der Waals surface area contributed by atoms with Crippen molar-refractivity contribution in [2.24, 2.45) is 4.99 Å². The Labute approximate surface area is 147 Å². The second kappa shape index (κ2) is 7.07. The van der Waals surface area contributed by atoms with Gasteiger partial charge in [-0.15, -0.1) is 0 Å². The topological polar surface area (TPSA) is 70.6 Å². The van der Waals surface area contributed by atoms with Gasteiger partial charge in [-0.25, -0.2) is 0 Å². The molecular weight excluding hydrogens is 355 g/mol. The molecule has 1 aliphatic rings. The van der Waals surface area contributed by atoms with E-state index in [1.54, 1.807) is 0 Å². The third kappa shape index (κ3) is 5.77. The van der Waals surface area contributed by atoms with Gasteiger partial charge < -0.3 is 10.6 Å². The fraction of sp³-hybridized carbons (Fsp3) is 0.438. The minimum atomic E-state index is -4.49. The van der Waals surface area contributed by atoms with E-state index in [0.717, 1.165) is 23.9 Å². The molecule has 2 rings (SSSR count). The number of benzene rings is 1. The molecule has 1 aromatic carbocycles. The zero-order valence-electron chi connectivity index (χ0n) is 13.9. The number of carbonyl (C=O) groups excluding carboxylic acids is 2. The van der Waals surface area contributed by atoms with Gasteiger partial charge in [-0.1, -0.05) is 17.8 Å². The number of nitrogens with zero attached hydrogens (tertiary/aromatic N) is 1. The highest BCUT2D eigenvalue weighted by molar-refractivity contribution is 8.15. The Morgan fingerprint density at radius 3 is 2.60 bits per heavy atom. The molecule has 1 fully saturated rings. The average Bonchev–Trinajstić information content (AvgIpc) is 2.75. The summed E-state index contributed by atoms with van der Waals surface area (Å²) in [6.07, 6.45) is -4.64. The van der Waals surface area contributed by atoms with Crippen LogP contribution in [0, 0.1) is 0 Å². The van der Waals surface area contributed by atoms with E-state index in [1.807, 2.05) is 20.8 Å². The Morgan fingerprint density at radius 1 is 1.32 bits per heavy atom. The quantitative estimate of drug-likeness (QED) is 0.853. The minimum absolute atomic E-state index is 0.0341. The molecular formula is C16H18F3N3O2S. The molecule has 1 aromatic rings. The summed E-state index contributed by atoms with van der Waals surface area (Å²) in [5.41, 5.74) is -1.19. The van der Waals surface area contributed by atoms with Gasteiger partial charge in [0.25, 0.3) is 0 Å². The largest absolute Gasteiger partial charge is 0.416 e. The molecule has 1 saturated heterocycles. The summed E-state index contributed by atoms with van der Waals surface area (Å²) in [5, 5.41) is 4.78. The van der Waals surface area contributed by atoms with Crippen LogP contribution in [0.5, 0.6) is 0 Å². The van der Waals surface area contributed by atoms with Crippen molar-refractivity contribution < 1.29 is 22.8 Å². The molecule has 136 valence electrons. The first-order valence-corrected chi connectivity index (χ1v) is 8.36. The second-order valence-electron chi connectivity index (χ2n) is 6.51. The van der Waals surface area contributed by atoms with Crippen LogP contribution < -0.4 is 10.6 Å². The number of aliphatic imine (C=N–C) groups is 1. The van der Waals surface area contributed by atoms with E-state index in [1.165, 1.54) is 12.1 Å². The summed E-state index contributed by atoms with van der Waals surface area (Å²) in [6, 6.07) is 4.35. The molecule has 1 heterocycles.